The number of rotatable bonds is 6. The highest BCUT2D eigenvalue weighted by Crippen LogP contribution is 2.33. The summed E-state index contributed by atoms with van der Waals surface area (Å²) in [5.41, 5.74) is 1.33. The van der Waals surface area contributed by atoms with Crippen molar-refractivity contribution < 1.29 is 31.9 Å². The zero-order valence-corrected chi connectivity index (χ0v) is 20.5. The van der Waals surface area contributed by atoms with Gasteiger partial charge in [0.1, 0.15) is 24.7 Å². The van der Waals surface area contributed by atoms with E-state index >= 15 is 0 Å². The SMILES string of the molecule is CC#CCOc1ccc(S(=O)(=O)N2Cc3ccccc3N(C(=O)c3ccoc3)CC2C(=O)OC)cc1. The zero-order chi connectivity index (χ0) is 25.7. The van der Waals surface area contributed by atoms with Crippen LogP contribution in [0.1, 0.15) is 22.8 Å². The Morgan fingerprint density at radius 1 is 1.11 bits per heavy atom. The molecule has 0 fully saturated rings. The summed E-state index contributed by atoms with van der Waals surface area (Å²) >= 11 is 0. The van der Waals surface area contributed by atoms with Crippen molar-refractivity contribution >= 4 is 27.6 Å². The van der Waals surface area contributed by atoms with Gasteiger partial charge in [0.25, 0.3) is 5.91 Å². The molecule has 0 bridgehead atoms. The van der Waals surface area contributed by atoms with Crippen LogP contribution in [0.25, 0.3) is 0 Å². The molecule has 0 aliphatic carbocycles. The van der Waals surface area contributed by atoms with Gasteiger partial charge in [0, 0.05) is 12.2 Å². The molecule has 186 valence electrons. The number of hydrogen-bond donors (Lipinski definition) is 0. The van der Waals surface area contributed by atoms with E-state index in [4.69, 9.17) is 13.9 Å². The number of carbonyl (C=O) groups excluding carboxylic acids is 2. The van der Waals surface area contributed by atoms with Crippen LogP contribution in [0.3, 0.4) is 0 Å². The standard InChI is InChI=1S/C26H24N2O7S/c1-3-4-14-35-21-9-11-22(12-10-21)36(31,32)28-16-19-7-5-6-8-23(19)27(17-24(28)26(30)33-2)25(29)20-13-15-34-18-20/h5-13,15,18,24H,14,16-17H2,1-2H3. The van der Waals surface area contributed by atoms with Crippen LogP contribution in [0, 0.1) is 11.8 Å². The molecular formula is C26H24N2O7S. The van der Waals surface area contributed by atoms with Gasteiger partial charge in [-0.15, -0.1) is 5.92 Å². The highest BCUT2D eigenvalue weighted by molar-refractivity contribution is 7.89. The molecule has 2 heterocycles. The maximum atomic E-state index is 13.8. The molecule has 36 heavy (non-hydrogen) atoms. The number of esters is 1. The molecule has 0 radical (unpaired) electrons. The van der Waals surface area contributed by atoms with Crippen molar-refractivity contribution in [3.63, 3.8) is 0 Å². The first-order valence-electron chi connectivity index (χ1n) is 11.0. The second-order valence-corrected chi connectivity index (χ2v) is 9.72. The second-order valence-electron chi connectivity index (χ2n) is 7.83. The highest BCUT2D eigenvalue weighted by atomic mass is 32.2. The van der Waals surface area contributed by atoms with Crippen LogP contribution < -0.4 is 9.64 Å². The number of sulfonamides is 1. The second kappa shape index (κ2) is 10.7. The lowest BCUT2D eigenvalue weighted by Gasteiger charge is -2.29. The van der Waals surface area contributed by atoms with E-state index in [0.717, 1.165) is 4.31 Å². The number of benzene rings is 2. The van der Waals surface area contributed by atoms with Crippen LogP contribution in [0.2, 0.25) is 0 Å². The van der Waals surface area contributed by atoms with E-state index in [2.05, 4.69) is 11.8 Å². The van der Waals surface area contributed by atoms with Gasteiger partial charge in [-0.25, -0.2) is 8.42 Å². The third kappa shape index (κ3) is 4.98. The number of amides is 1. The quantitative estimate of drug-likeness (QED) is 0.372. The Morgan fingerprint density at radius 3 is 2.53 bits per heavy atom. The summed E-state index contributed by atoms with van der Waals surface area (Å²) < 4.78 is 44.1. The van der Waals surface area contributed by atoms with Gasteiger partial charge in [0.2, 0.25) is 10.0 Å². The van der Waals surface area contributed by atoms with E-state index in [1.807, 2.05) is 0 Å². The van der Waals surface area contributed by atoms with Gasteiger partial charge in [0.05, 0.1) is 30.4 Å². The largest absolute Gasteiger partial charge is 0.481 e. The van der Waals surface area contributed by atoms with E-state index in [1.54, 1.807) is 31.2 Å². The summed E-state index contributed by atoms with van der Waals surface area (Å²) in [6, 6.07) is 13.0. The molecule has 0 saturated carbocycles. The number of methoxy groups -OCH3 is 1. The van der Waals surface area contributed by atoms with E-state index in [1.165, 1.54) is 54.9 Å². The monoisotopic (exact) mass is 508 g/mol. The minimum absolute atomic E-state index is 0.0302. The topological polar surface area (TPSA) is 106 Å². The van der Waals surface area contributed by atoms with E-state index in [-0.39, 0.29) is 30.2 Å². The van der Waals surface area contributed by atoms with Crippen LogP contribution in [0.5, 0.6) is 5.75 Å². The first-order chi connectivity index (χ1) is 17.4. The van der Waals surface area contributed by atoms with Crippen molar-refractivity contribution in [2.75, 3.05) is 25.2 Å². The van der Waals surface area contributed by atoms with Crippen LogP contribution in [0.4, 0.5) is 5.69 Å². The third-order valence-corrected chi connectivity index (χ3v) is 7.59. The first-order valence-corrected chi connectivity index (χ1v) is 12.4. The van der Waals surface area contributed by atoms with E-state index < -0.39 is 27.9 Å². The summed E-state index contributed by atoms with van der Waals surface area (Å²) in [6.45, 7) is 1.48. The molecule has 9 nitrogen and oxygen atoms in total. The molecule has 0 saturated heterocycles. The van der Waals surface area contributed by atoms with E-state index in [0.29, 0.717) is 17.0 Å². The first kappa shape index (κ1) is 25.0. The molecule has 1 amide bonds. The number of ether oxygens (including phenoxy) is 2. The van der Waals surface area contributed by atoms with Gasteiger partial charge in [-0.2, -0.15) is 4.31 Å². The average Bonchev–Trinajstić information content (AvgIpc) is 3.37. The van der Waals surface area contributed by atoms with Crippen molar-refractivity contribution in [2.45, 2.75) is 24.4 Å². The fourth-order valence-corrected chi connectivity index (χ4v) is 5.45. The summed E-state index contributed by atoms with van der Waals surface area (Å²) in [6.07, 6.45) is 2.67. The Labute approximate surface area is 209 Å². The number of hydrogen-bond acceptors (Lipinski definition) is 7. The van der Waals surface area contributed by atoms with Crippen LogP contribution in [0.15, 0.2) is 76.4 Å². The fourth-order valence-electron chi connectivity index (χ4n) is 3.90. The Bertz CT molecular complexity index is 1400. The molecule has 1 aromatic heterocycles. The number of carbonyl (C=O) groups is 2. The highest BCUT2D eigenvalue weighted by Gasteiger charge is 2.42. The smallest absolute Gasteiger partial charge is 0.326 e. The normalized spacial score (nSPS) is 15.7. The average molecular weight is 509 g/mol. The minimum atomic E-state index is -4.18. The van der Waals surface area contributed by atoms with Gasteiger partial charge in [0.15, 0.2) is 0 Å². The number of para-hydroxylation sites is 1. The summed E-state index contributed by atoms with van der Waals surface area (Å²) in [5, 5.41) is 0. The van der Waals surface area contributed by atoms with Crippen LogP contribution in [-0.2, 0) is 26.1 Å². The van der Waals surface area contributed by atoms with Crippen molar-refractivity contribution in [1.29, 1.82) is 0 Å². The molecule has 1 atom stereocenters. The Morgan fingerprint density at radius 2 is 1.86 bits per heavy atom. The number of fused-ring (bicyclic) bond motifs is 1. The third-order valence-electron chi connectivity index (χ3n) is 5.72. The fraction of sp³-hybridized carbons (Fsp3) is 0.231. The maximum absolute atomic E-state index is 13.8. The molecule has 1 aliphatic heterocycles. The summed E-state index contributed by atoms with van der Waals surface area (Å²) in [5.74, 6) is 4.73. The lowest BCUT2D eigenvalue weighted by Crippen LogP contribution is -2.50. The lowest BCUT2D eigenvalue weighted by molar-refractivity contribution is -0.144. The molecule has 2 aromatic carbocycles. The zero-order valence-electron chi connectivity index (χ0n) is 19.7. The van der Waals surface area contributed by atoms with Crippen LogP contribution >= 0.6 is 0 Å². The molecule has 1 unspecified atom stereocenters. The predicted molar refractivity (Wildman–Crippen MR) is 131 cm³/mol. The number of nitrogens with zero attached hydrogens (tertiary/aromatic N) is 2. The van der Waals surface area contributed by atoms with E-state index in [9.17, 15) is 18.0 Å². The van der Waals surface area contributed by atoms with Crippen molar-refractivity contribution in [1.82, 2.24) is 4.31 Å². The Hall–Kier alpha value is -4.07. The molecule has 10 heteroatoms. The molecule has 0 spiro atoms. The number of anilines is 1. The molecule has 0 N–H and O–H groups in total. The maximum Gasteiger partial charge on any atom is 0.326 e. The van der Waals surface area contributed by atoms with Gasteiger partial charge >= 0.3 is 5.97 Å². The number of furan rings is 1. The molecule has 1 aliphatic rings. The molecule has 3 aromatic rings. The van der Waals surface area contributed by atoms with Gasteiger partial charge in [-0.1, -0.05) is 24.1 Å². The van der Waals surface area contributed by atoms with Crippen LogP contribution in [-0.4, -0.2) is 50.9 Å². The predicted octanol–water partition coefficient (Wildman–Crippen LogP) is 3.07. The van der Waals surface area contributed by atoms with Crippen molar-refractivity contribution in [3.05, 3.63) is 78.3 Å². The Balaban J connectivity index is 1.74. The Kier molecular flexibility index (Phi) is 7.43. The van der Waals surface area contributed by atoms with Crippen molar-refractivity contribution in [2.24, 2.45) is 0 Å². The summed E-state index contributed by atoms with van der Waals surface area (Å²) in [7, 11) is -3.01. The molecular weight excluding hydrogens is 484 g/mol. The summed E-state index contributed by atoms with van der Waals surface area (Å²) in [4.78, 5) is 27.6. The van der Waals surface area contributed by atoms with Gasteiger partial charge in [-0.3, -0.25) is 9.59 Å². The van der Waals surface area contributed by atoms with Crippen molar-refractivity contribution in [3.8, 4) is 17.6 Å². The van der Waals surface area contributed by atoms with Gasteiger partial charge in [-0.05, 0) is 48.9 Å². The van der Waals surface area contributed by atoms with Gasteiger partial charge < -0.3 is 18.8 Å². The minimum Gasteiger partial charge on any atom is -0.481 e. The lowest BCUT2D eigenvalue weighted by atomic mass is 10.1. The molecule has 4 rings (SSSR count).